The summed E-state index contributed by atoms with van der Waals surface area (Å²) in [5, 5.41) is 0.517. The van der Waals surface area contributed by atoms with Crippen molar-refractivity contribution in [3.63, 3.8) is 0 Å². The first-order valence-electron chi connectivity index (χ1n) is 7.44. The molecular formula is C15H23ClN4O2. The van der Waals surface area contributed by atoms with Gasteiger partial charge in [0, 0.05) is 20.1 Å². The second-order valence-electron chi connectivity index (χ2n) is 6.53. The Kier molecular flexibility index (Phi) is 5.11. The number of hydrogen-bond donors (Lipinski definition) is 0. The first-order valence-corrected chi connectivity index (χ1v) is 7.82. The molecule has 6 nitrogen and oxygen atoms in total. The van der Waals surface area contributed by atoms with Gasteiger partial charge in [-0.15, -0.1) is 0 Å². The zero-order valence-electron chi connectivity index (χ0n) is 13.5. The number of amides is 1. The Morgan fingerprint density at radius 3 is 2.64 bits per heavy atom. The van der Waals surface area contributed by atoms with Crippen LogP contribution in [0.5, 0.6) is 0 Å². The molecule has 22 heavy (non-hydrogen) atoms. The van der Waals surface area contributed by atoms with E-state index in [0.29, 0.717) is 17.5 Å². The molecule has 1 aliphatic rings. The molecule has 1 fully saturated rings. The third kappa shape index (κ3) is 4.47. The molecule has 0 bridgehead atoms. The van der Waals surface area contributed by atoms with E-state index >= 15 is 0 Å². The number of carbonyl (C=O) groups is 1. The van der Waals surface area contributed by atoms with Gasteiger partial charge < -0.3 is 14.5 Å². The van der Waals surface area contributed by atoms with Gasteiger partial charge in [-0.05, 0) is 33.6 Å². The summed E-state index contributed by atoms with van der Waals surface area (Å²) in [6.07, 6.45) is 4.80. The van der Waals surface area contributed by atoms with Crippen molar-refractivity contribution < 1.29 is 9.53 Å². The molecule has 0 unspecified atom stereocenters. The molecule has 7 heteroatoms. The van der Waals surface area contributed by atoms with Crippen LogP contribution in [0.3, 0.4) is 0 Å². The van der Waals surface area contributed by atoms with Crippen LogP contribution in [0.2, 0.25) is 5.02 Å². The van der Waals surface area contributed by atoms with Crippen molar-refractivity contribution in [2.75, 3.05) is 25.0 Å². The van der Waals surface area contributed by atoms with Crippen molar-refractivity contribution in [2.45, 2.75) is 45.3 Å². The van der Waals surface area contributed by atoms with Gasteiger partial charge in [0.1, 0.15) is 5.60 Å². The molecule has 1 aromatic rings. The minimum atomic E-state index is -0.487. The Hall–Kier alpha value is -1.56. The summed E-state index contributed by atoms with van der Waals surface area (Å²) in [5.74, 6) is 0.645. The molecule has 2 heterocycles. The number of aromatic nitrogens is 2. The van der Waals surface area contributed by atoms with Gasteiger partial charge in [-0.2, -0.15) is 0 Å². The van der Waals surface area contributed by atoms with E-state index in [4.69, 9.17) is 16.3 Å². The first kappa shape index (κ1) is 16.8. The van der Waals surface area contributed by atoms with Crippen LogP contribution in [0.1, 0.15) is 33.6 Å². The Labute approximate surface area is 136 Å². The van der Waals surface area contributed by atoms with Gasteiger partial charge in [-0.25, -0.2) is 14.8 Å². The predicted molar refractivity (Wildman–Crippen MR) is 86.3 cm³/mol. The van der Waals surface area contributed by atoms with Crippen LogP contribution in [0.4, 0.5) is 10.7 Å². The summed E-state index contributed by atoms with van der Waals surface area (Å²) in [6.45, 7) is 7.17. The molecule has 1 aliphatic heterocycles. The lowest BCUT2D eigenvalue weighted by Crippen LogP contribution is -2.50. The fourth-order valence-electron chi connectivity index (χ4n) is 2.40. The van der Waals surface area contributed by atoms with Crippen molar-refractivity contribution in [1.82, 2.24) is 14.9 Å². The highest BCUT2D eigenvalue weighted by Gasteiger charge is 2.29. The maximum Gasteiger partial charge on any atom is 0.410 e. The third-order valence-electron chi connectivity index (χ3n) is 3.52. The fourth-order valence-corrected chi connectivity index (χ4v) is 2.50. The van der Waals surface area contributed by atoms with E-state index in [1.54, 1.807) is 24.3 Å². The minimum absolute atomic E-state index is 0.0860. The number of likely N-dealkylation sites (N-methyl/N-ethyl adjacent to an activating group) is 1. The summed E-state index contributed by atoms with van der Waals surface area (Å²) < 4.78 is 5.43. The SMILES string of the molecule is CN(C(=O)OC(C)(C)C)[C@H]1CCCN(c2ncc(Cl)cn2)C1. The van der Waals surface area contributed by atoms with Crippen LogP contribution >= 0.6 is 11.6 Å². The molecule has 0 aromatic carbocycles. The standard InChI is InChI=1S/C15H23ClN4O2/c1-15(2,3)22-14(21)19(4)12-6-5-7-20(10-12)13-17-8-11(16)9-18-13/h8-9,12H,5-7,10H2,1-4H3/t12-/m0/s1. The zero-order valence-corrected chi connectivity index (χ0v) is 14.3. The van der Waals surface area contributed by atoms with Crippen LogP contribution in [-0.2, 0) is 4.74 Å². The smallest absolute Gasteiger partial charge is 0.410 e. The second kappa shape index (κ2) is 6.69. The highest BCUT2D eigenvalue weighted by atomic mass is 35.5. The number of piperidine rings is 1. The summed E-state index contributed by atoms with van der Waals surface area (Å²) in [7, 11) is 1.78. The van der Waals surface area contributed by atoms with E-state index in [2.05, 4.69) is 14.9 Å². The number of carbonyl (C=O) groups excluding carboxylic acids is 1. The molecule has 0 radical (unpaired) electrons. The topological polar surface area (TPSA) is 58.6 Å². The largest absolute Gasteiger partial charge is 0.444 e. The van der Waals surface area contributed by atoms with Crippen molar-refractivity contribution in [3.8, 4) is 0 Å². The lowest BCUT2D eigenvalue weighted by molar-refractivity contribution is 0.0209. The average molecular weight is 327 g/mol. The van der Waals surface area contributed by atoms with E-state index in [9.17, 15) is 4.79 Å². The maximum atomic E-state index is 12.2. The number of ether oxygens (including phenoxy) is 1. The van der Waals surface area contributed by atoms with Gasteiger partial charge in [0.25, 0.3) is 0 Å². The molecule has 1 saturated heterocycles. The molecule has 1 amide bonds. The molecule has 1 aromatic heterocycles. The summed E-state index contributed by atoms with van der Waals surface area (Å²) >= 11 is 5.82. The molecule has 0 aliphatic carbocycles. The van der Waals surface area contributed by atoms with Gasteiger partial charge >= 0.3 is 6.09 Å². The van der Waals surface area contributed by atoms with Crippen molar-refractivity contribution in [3.05, 3.63) is 17.4 Å². The number of rotatable bonds is 2. The van der Waals surface area contributed by atoms with Crippen LogP contribution in [0.25, 0.3) is 0 Å². The monoisotopic (exact) mass is 326 g/mol. The summed E-state index contributed by atoms with van der Waals surface area (Å²) in [4.78, 5) is 24.4. The number of anilines is 1. The van der Waals surface area contributed by atoms with Crippen LogP contribution < -0.4 is 4.90 Å². The van der Waals surface area contributed by atoms with Crippen molar-refractivity contribution >= 4 is 23.6 Å². The highest BCUT2D eigenvalue weighted by Crippen LogP contribution is 2.21. The molecule has 0 saturated carbocycles. The average Bonchev–Trinajstić information content (AvgIpc) is 2.45. The number of halogens is 1. The number of nitrogens with zero attached hydrogens (tertiary/aromatic N) is 4. The van der Waals surface area contributed by atoms with Crippen LogP contribution in [0, 0.1) is 0 Å². The van der Waals surface area contributed by atoms with Gasteiger partial charge in [-0.3, -0.25) is 0 Å². The van der Waals surface area contributed by atoms with E-state index < -0.39 is 5.60 Å². The number of hydrogen-bond acceptors (Lipinski definition) is 5. The zero-order chi connectivity index (χ0) is 16.3. The van der Waals surface area contributed by atoms with E-state index in [1.165, 1.54) is 0 Å². The van der Waals surface area contributed by atoms with Gasteiger partial charge in [0.2, 0.25) is 5.95 Å². The van der Waals surface area contributed by atoms with E-state index in [1.807, 2.05) is 20.8 Å². The molecular weight excluding hydrogens is 304 g/mol. The minimum Gasteiger partial charge on any atom is -0.444 e. The highest BCUT2D eigenvalue weighted by molar-refractivity contribution is 6.30. The Bertz CT molecular complexity index is 515. The maximum absolute atomic E-state index is 12.2. The fraction of sp³-hybridized carbons (Fsp3) is 0.667. The lowest BCUT2D eigenvalue weighted by atomic mass is 10.1. The lowest BCUT2D eigenvalue weighted by Gasteiger charge is -2.38. The Morgan fingerprint density at radius 1 is 1.41 bits per heavy atom. The third-order valence-corrected chi connectivity index (χ3v) is 3.71. The van der Waals surface area contributed by atoms with Crippen molar-refractivity contribution in [1.29, 1.82) is 0 Å². The van der Waals surface area contributed by atoms with E-state index in [0.717, 1.165) is 19.4 Å². The molecule has 2 rings (SSSR count). The quantitative estimate of drug-likeness (QED) is 0.836. The Balaban J connectivity index is 2.00. The molecule has 0 spiro atoms. The van der Waals surface area contributed by atoms with Crippen LogP contribution in [0.15, 0.2) is 12.4 Å². The van der Waals surface area contributed by atoms with E-state index in [-0.39, 0.29) is 12.1 Å². The van der Waals surface area contributed by atoms with Gasteiger partial charge in [0.15, 0.2) is 0 Å². The predicted octanol–water partition coefficient (Wildman–Crippen LogP) is 2.97. The first-order chi connectivity index (χ1) is 10.3. The summed E-state index contributed by atoms with van der Waals surface area (Å²) in [5.41, 5.74) is -0.487. The summed E-state index contributed by atoms with van der Waals surface area (Å²) in [6, 6.07) is 0.0860. The Morgan fingerprint density at radius 2 is 2.05 bits per heavy atom. The molecule has 122 valence electrons. The van der Waals surface area contributed by atoms with Crippen LogP contribution in [-0.4, -0.2) is 52.7 Å². The normalized spacial score (nSPS) is 19.0. The van der Waals surface area contributed by atoms with Crippen molar-refractivity contribution in [2.24, 2.45) is 0 Å². The molecule has 1 atom stereocenters. The van der Waals surface area contributed by atoms with Gasteiger partial charge in [0.05, 0.1) is 23.5 Å². The molecule has 0 N–H and O–H groups in total. The second-order valence-corrected chi connectivity index (χ2v) is 6.97. The van der Waals surface area contributed by atoms with Gasteiger partial charge in [-0.1, -0.05) is 11.6 Å².